The Kier molecular flexibility index (Phi) is 4.06. The first-order chi connectivity index (χ1) is 12.2. The number of rotatable bonds is 3. The van der Waals surface area contributed by atoms with Crippen LogP contribution in [0.25, 0.3) is 5.69 Å². The molecule has 2 aromatic heterocycles. The Hall–Kier alpha value is -2.95. The van der Waals surface area contributed by atoms with E-state index in [1.165, 1.54) is 0 Å². The minimum absolute atomic E-state index is 0.0666. The van der Waals surface area contributed by atoms with Crippen LogP contribution in [0, 0.1) is 6.92 Å². The van der Waals surface area contributed by atoms with Gasteiger partial charge in [-0.05, 0) is 62.2 Å². The summed E-state index contributed by atoms with van der Waals surface area (Å²) in [6.45, 7) is 2.79. The number of aryl methyl sites for hydroxylation is 1. The molecule has 25 heavy (non-hydrogen) atoms. The molecule has 126 valence electrons. The highest BCUT2D eigenvalue weighted by Crippen LogP contribution is 2.32. The normalized spacial score (nSPS) is 17.0. The lowest BCUT2D eigenvalue weighted by Gasteiger charge is -2.24. The lowest BCUT2D eigenvalue weighted by molar-refractivity contribution is 0.0733. The van der Waals surface area contributed by atoms with E-state index in [2.05, 4.69) is 10.1 Å². The summed E-state index contributed by atoms with van der Waals surface area (Å²) >= 11 is 0. The van der Waals surface area contributed by atoms with Crippen molar-refractivity contribution >= 4 is 5.91 Å². The van der Waals surface area contributed by atoms with Gasteiger partial charge in [-0.3, -0.25) is 9.78 Å². The average Bonchev–Trinajstić information content (AvgIpc) is 3.31. The molecule has 1 aromatic carbocycles. The van der Waals surface area contributed by atoms with E-state index in [0.29, 0.717) is 5.56 Å². The third-order valence-corrected chi connectivity index (χ3v) is 4.73. The summed E-state index contributed by atoms with van der Waals surface area (Å²) in [5, 5.41) is 4.30. The molecule has 0 radical (unpaired) electrons. The molecule has 0 N–H and O–H groups in total. The third-order valence-electron chi connectivity index (χ3n) is 4.73. The highest BCUT2D eigenvalue weighted by Gasteiger charge is 2.31. The number of aromatic nitrogens is 3. The molecule has 0 bridgehead atoms. The molecule has 3 aromatic rings. The minimum atomic E-state index is 0.0666. The molecule has 0 aliphatic carbocycles. The molecule has 1 amide bonds. The Morgan fingerprint density at radius 3 is 2.60 bits per heavy atom. The molecular formula is C20H20N4O. The van der Waals surface area contributed by atoms with Crippen molar-refractivity contribution < 1.29 is 4.79 Å². The molecular weight excluding hydrogens is 312 g/mol. The van der Waals surface area contributed by atoms with Crippen molar-refractivity contribution in [3.8, 4) is 5.69 Å². The van der Waals surface area contributed by atoms with E-state index in [1.54, 1.807) is 12.4 Å². The minimum Gasteiger partial charge on any atom is -0.330 e. The number of likely N-dealkylation sites (tertiary alicyclic amines) is 1. The molecule has 1 unspecified atom stereocenters. The van der Waals surface area contributed by atoms with Crippen LogP contribution in [0.5, 0.6) is 0 Å². The zero-order valence-corrected chi connectivity index (χ0v) is 14.2. The van der Waals surface area contributed by atoms with Gasteiger partial charge in [0.2, 0.25) is 0 Å². The summed E-state index contributed by atoms with van der Waals surface area (Å²) in [7, 11) is 0. The topological polar surface area (TPSA) is 51.0 Å². The molecule has 1 fully saturated rings. The summed E-state index contributed by atoms with van der Waals surface area (Å²) in [5.41, 5.74) is 3.70. The first-order valence-corrected chi connectivity index (χ1v) is 8.57. The van der Waals surface area contributed by atoms with Crippen LogP contribution in [0.3, 0.4) is 0 Å². The standard InChI is InChI=1S/C20H20N4O/c1-15-11-13-22-24(15)17-9-7-16(8-10-17)20(25)23-14-4-6-19(23)18-5-2-3-12-21-18/h2-3,5,7-13,19H,4,6,14H2,1H3. The maximum absolute atomic E-state index is 13.0. The van der Waals surface area contributed by atoms with Crippen LogP contribution >= 0.6 is 0 Å². The first kappa shape index (κ1) is 15.6. The first-order valence-electron chi connectivity index (χ1n) is 8.57. The molecule has 0 spiro atoms. The van der Waals surface area contributed by atoms with E-state index in [0.717, 1.165) is 36.5 Å². The van der Waals surface area contributed by atoms with Crippen molar-refractivity contribution in [1.82, 2.24) is 19.7 Å². The van der Waals surface area contributed by atoms with Crippen LogP contribution in [0.15, 0.2) is 60.9 Å². The summed E-state index contributed by atoms with van der Waals surface area (Å²) in [6.07, 6.45) is 5.54. The second kappa shape index (κ2) is 6.51. The van der Waals surface area contributed by atoms with Crippen LogP contribution < -0.4 is 0 Å². The number of pyridine rings is 1. The van der Waals surface area contributed by atoms with Crippen molar-refractivity contribution in [3.63, 3.8) is 0 Å². The maximum Gasteiger partial charge on any atom is 0.254 e. The number of carbonyl (C=O) groups is 1. The van der Waals surface area contributed by atoms with Crippen molar-refractivity contribution in [3.05, 3.63) is 77.9 Å². The summed E-state index contributed by atoms with van der Waals surface area (Å²) in [4.78, 5) is 19.4. The van der Waals surface area contributed by atoms with Crippen LogP contribution in [0.4, 0.5) is 0 Å². The third kappa shape index (κ3) is 2.93. The molecule has 1 saturated heterocycles. The zero-order valence-electron chi connectivity index (χ0n) is 14.2. The quantitative estimate of drug-likeness (QED) is 0.737. The van der Waals surface area contributed by atoms with E-state index in [9.17, 15) is 4.79 Å². The van der Waals surface area contributed by atoms with Gasteiger partial charge in [0.1, 0.15) is 0 Å². The van der Waals surface area contributed by atoms with Crippen molar-refractivity contribution in [2.75, 3.05) is 6.54 Å². The Balaban J connectivity index is 1.57. The Morgan fingerprint density at radius 1 is 1.08 bits per heavy atom. The average molecular weight is 332 g/mol. The van der Waals surface area contributed by atoms with Crippen LogP contribution in [-0.4, -0.2) is 32.1 Å². The van der Waals surface area contributed by atoms with E-state index in [4.69, 9.17) is 0 Å². The maximum atomic E-state index is 13.0. The molecule has 5 nitrogen and oxygen atoms in total. The van der Waals surface area contributed by atoms with Gasteiger partial charge in [0.05, 0.1) is 17.4 Å². The predicted octanol–water partition coefficient (Wildman–Crippen LogP) is 3.55. The SMILES string of the molecule is Cc1ccnn1-c1ccc(C(=O)N2CCCC2c2ccccn2)cc1. The van der Waals surface area contributed by atoms with Gasteiger partial charge in [-0.25, -0.2) is 4.68 Å². The lowest BCUT2D eigenvalue weighted by atomic mass is 10.1. The highest BCUT2D eigenvalue weighted by atomic mass is 16.2. The smallest absolute Gasteiger partial charge is 0.254 e. The molecule has 1 aliphatic rings. The van der Waals surface area contributed by atoms with E-state index in [-0.39, 0.29) is 11.9 Å². The van der Waals surface area contributed by atoms with Gasteiger partial charge in [0.15, 0.2) is 0 Å². The highest BCUT2D eigenvalue weighted by molar-refractivity contribution is 5.94. The number of carbonyl (C=O) groups excluding carboxylic acids is 1. The van der Waals surface area contributed by atoms with Crippen LogP contribution in [0.2, 0.25) is 0 Å². The number of hydrogen-bond donors (Lipinski definition) is 0. The molecule has 4 rings (SSSR count). The summed E-state index contributed by atoms with van der Waals surface area (Å²) in [5.74, 6) is 0.0666. The van der Waals surface area contributed by atoms with Crippen molar-refractivity contribution in [2.45, 2.75) is 25.8 Å². The fraction of sp³-hybridized carbons (Fsp3) is 0.250. The molecule has 1 aliphatic heterocycles. The van der Waals surface area contributed by atoms with Gasteiger partial charge in [0.25, 0.3) is 5.91 Å². The zero-order chi connectivity index (χ0) is 17.2. The molecule has 5 heteroatoms. The molecule has 3 heterocycles. The van der Waals surface area contributed by atoms with Gasteiger partial charge in [-0.1, -0.05) is 6.07 Å². The monoisotopic (exact) mass is 332 g/mol. The Bertz CT molecular complexity index is 870. The number of benzene rings is 1. The van der Waals surface area contributed by atoms with E-state index >= 15 is 0 Å². The van der Waals surface area contributed by atoms with E-state index < -0.39 is 0 Å². The second-order valence-electron chi connectivity index (χ2n) is 6.34. The van der Waals surface area contributed by atoms with Crippen molar-refractivity contribution in [2.24, 2.45) is 0 Å². The van der Waals surface area contributed by atoms with Gasteiger partial charge in [-0.15, -0.1) is 0 Å². The van der Waals surface area contributed by atoms with Crippen molar-refractivity contribution in [1.29, 1.82) is 0 Å². The largest absolute Gasteiger partial charge is 0.330 e. The van der Waals surface area contributed by atoms with Crippen LogP contribution in [0.1, 0.15) is 40.6 Å². The Morgan fingerprint density at radius 2 is 1.92 bits per heavy atom. The lowest BCUT2D eigenvalue weighted by Crippen LogP contribution is -2.30. The number of nitrogens with zero attached hydrogens (tertiary/aromatic N) is 4. The number of amides is 1. The molecule has 0 saturated carbocycles. The van der Waals surface area contributed by atoms with Crippen LogP contribution in [-0.2, 0) is 0 Å². The molecule has 1 atom stereocenters. The summed E-state index contributed by atoms with van der Waals surface area (Å²) < 4.78 is 1.86. The van der Waals surface area contributed by atoms with Gasteiger partial charge < -0.3 is 4.90 Å². The fourth-order valence-corrected chi connectivity index (χ4v) is 3.44. The fourth-order valence-electron chi connectivity index (χ4n) is 3.44. The Labute approximate surface area is 146 Å². The summed E-state index contributed by atoms with van der Waals surface area (Å²) in [6, 6.07) is 15.6. The van der Waals surface area contributed by atoms with Gasteiger partial charge in [0, 0.05) is 30.2 Å². The number of hydrogen-bond acceptors (Lipinski definition) is 3. The van der Waals surface area contributed by atoms with E-state index in [1.807, 2.05) is 65.0 Å². The van der Waals surface area contributed by atoms with Gasteiger partial charge >= 0.3 is 0 Å². The second-order valence-corrected chi connectivity index (χ2v) is 6.34. The predicted molar refractivity (Wildman–Crippen MR) is 95.5 cm³/mol. The van der Waals surface area contributed by atoms with Gasteiger partial charge in [-0.2, -0.15) is 5.10 Å².